The molecule has 0 aliphatic carbocycles. The Bertz CT molecular complexity index is 220. The second kappa shape index (κ2) is 4.94. The van der Waals surface area contributed by atoms with Crippen molar-refractivity contribution in [3.05, 3.63) is 0 Å². The van der Waals surface area contributed by atoms with Gasteiger partial charge in [-0.05, 0) is 25.7 Å². The molecule has 4 heteroatoms. The lowest BCUT2D eigenvalue weighted by Crippen LogP contribution is -2.53. The number of aliphatic hydroxyl groups excluding tert-OH is 1. The minimum Gasteiger partial charge on any atom is -0.389 e. The highest BCUT2D eigenvalue weighted by atomic mass is 16.5. The van der Waals surface area contributed by atoms with Crippen LogP contribution in [0, 0.1) is 0 Å². The fourth-order valence-electron chi connectivity index (χ4n) is 2.14. The molecule has 0 saturated carbocycles. The minimum atomic E-state index is -0.292. The molecule has 4 nitrogen and oxygen atoms in total. The van der Waals surface area contributed by atoms with Gasteiger partial charge in [0.25, 0.3) is 0 Å². The molecule has 1 unspecified atom stereocenters. The van der Waals surface area contributed by atoms with Crippen molar-refractivity contribution >= 4 is 5.91 Å². The zero-order valence-electron chi connectivity index (χ0n) is 9.02. The largest absolute Gasteiger partial charge is 0.389 e. The number of likely N-dealkylation sites (tertiary alicyclic amines) is 1. The van der Waals surface area contributed by atoms with E-state index < -0.39 is 0 Å². The molecule has 1 atom stereocenters. The fraction of sp³-hybridized carbons (Fsp3) is 0.909. The number of β-amino-alcohol motifs (C(OH)–C–C–N with tert-alkyl or cyclic N) is 1. The third kappa shape index (κ3) is 2.92. The van der Waals surface area contributed by atoms with Crippen molar-refractivity contribution in [3.8, 4) is 0 Å². The van der Waals surface area contributed by atoms with E-state index in [2.05, 4.69) is 0 Å². The number of ether oxygens (including phenoxy) is 1. The zero-order valence-corrected chi connectivity index (χ0v) is 9.02. The summed E-state index contributed by atoms with van der Waals surface area (Å²) in [7, 11) is 0. The van der Waals surface area contributed by atoms with E-state index in [1.807, 2.05) is 0 Å². The number of hydrogen-bond acceptors (Lipinski definition) is 3. The van der Waals surface area contributed by atoms with E-state index in [1.165, 1.54) is 6.42 Å². The fourth-order valence-corrected chi connectivity index (χ4v) is 2.14. The predicted octanol–water partition coefficient (Wildman–Crippen LogP) is 0.539. The molecular formula is C11H19NO3. The van der Waals surface area contributed by atoms with Crippen molar-refractivity contribution < 1.29 is 14.6 Å². The molecule has 0 radical (unpaired) electrons. The Balaban J connectivity index is 1.62. The average molecular weight is 213 g/mol. The van der Waals surface area contributed by atoms with Crippen LogP contribution >= 0.6 is 0 Å². The Hall–Kier alpha value is -0.610. The van der Waals surface area contributed by atoms with Gasteiger partial charge in [0.05, 0.1) is 12.2 Å². The predicted molar refractivity (Wildman–Crippen MR) is 55.4 cm³/mol. The maximum absolute atomic E-state index is 11.6. The lowest BCUT2D eigenvalue weighted by atomic mass is 10.0. The van der Waals surface area contributed by atoms with Crippen LogP contribution in [0.25, 0.3) is 0 Å². The summed E-state index contributed by atoms with van der Waals surface area (Å²) in [4.78, 5) is 13.3. The normalized spacial score (nSPS) is 27.5. The third-order valence-electron chi connectivity index (χ3n) is 3.17. The van der Waals surface area contributed by atoms with Crippen molar-refractivity contribution in [1.82, 2.24) is 4.90 Å². The maximum atomic E-state index is 11.6. The molecule has 2 aliphatic heterocycles. The number of aliphatic hydroxyl groups is 1. The van der Waals surface area contributed by atoms with Gasteiger partial charge in [-0.2, -0.15) is 0 Å². The van der Waals surface area contributed by atoms with E-state index in [4.69, 9.17) is 9.84 Å². The first-order valence-electron chi connectivity index (χ1n) is 5.83. The van der Waals surface area contributed by atoms with Crippen LogP contribution in [0.3, 0.4) is 0 Å². The van der Waals surface area contributed by atoms with Gasteiger partial charge in [0.2, 0.25) is 5.91 Å². The molecule has 1 amide bonds. The van der Waals surface area contributed by atoms with E-state index in [0.717, 1.165) is 25.9 Å². The highest BCUT2D eigenvalue weighted by Crippen LogP contribution is 2.18. The average Bonchev–Trinajstić information content (AvgIpc) is 2.23. The quantitative estimate of drug-likeness (QED) is 0.744. The van der Waals surface area contributed by atoms with Crippen LogP contribution in [-0.2, 0) is 9.53 Å². The van der Waals surface area contributed by atoms with Crippen molar-refractivity contribution in [3.63, 3.8) is 0 Å². The van der Waals surface area contributed by atoms with Gasteiger partial charge >= 0.3 is 0 Å². The molecule has 2 rings (SSSR count). The maximum Gasteiger partial charge on any atom is 0.222 e. The molecule has 2 fully saturated rings. The Kier molecular flexibility index (Phi) is 3.59. The van der Waals surface area contributed by atoms with Crippen LogP contribution in [0.2, 0.25) is 0 Å². The van der Waals surface area contributed by atoms with Crippen molar-refractivity contribution in [2.24, 2.45) is 0 Å². The molecule has 0 aromatic rings. The van der Waals surface area contributed by atoms with Crippen LogP contribution in [0.15, 0.2) is 0 Å². The van der Waals surface area contributed by atoms with Crippen LogP contribution in [0.5, 0.6) is 0 Å². The van der Waals surface area contributed by atoms with Gasteiger partial charge in [0.1, 0.15) is 0 Å². The van der Waals surface area contributed by atoms with E-state index in [0.29, 0.717) is 19.5 Å². The monoisotopic (exact) mass is 213 g/mol. The number of carbonyl (C=O) groups is 1. The van der Waals surface area contributed by atoms with Crippen LogP contribution in [0.1, 0.15) is 32.1 Å². The molecule has 1 N–H and O–H groups in total. The molecule has 2 heterocycles. The van der Waals surface area contributed by atoms with E-state index in [-0.39, 0.29) is 18.1 Å². The lowest BCUT2D eigenvalue weighted by molar-refractivity contribution is -0.142. The third-order valence-corrected chi connectivity index (χ3v) is 3.17. The van der Waals surface area contributed by atoms with Gasteiger partial charge in [0, 0.05) is 26.1 Å². The Morgan fingerprint density at radius 2 is 2.20 bits per heavy atom. The van der Waals surface area contributed by atoms with Crippen LogP contribution < -0.4 is 0 Å². The summed E-state index contributed by atoms with van der Waals surface area (Å²) in [5, 5.41) is 9.07. The van der Waals surface area contributed by atoms with Gasteiger partial charge in [-0.25, -0.2) is 0 Å². The second-order valence-electron chi connectivity index (χ2n) is 4.48. The zero-order chi connectivity index (χ0) is 10.7. The Morgan fingerprint density at radius 1 is 1.40 bits per heavy atom. The molecule has 15 heavy (non-hydrogen) atoms. The molecule has 2 aliphatic rings. The smallest absolute Gasteiger partial charge is 0.222 e. The van der Waals surface area contributed by atoms with Gasteiger partial charge in [-0.1, -0.05) is 0 Å². The van der Waals surface area contributed by atoms with Crippen LogP contribution in [-0.4, -0.2) is 47.8 Å². The van der Waals surface area contributed by atoms with E-state index >= 15 is 0 Å². The first-order valence-corrected chi connectivity index (χ1v) is 5.83. The SMILES string of the molecule is O=C(CCC1CCCCO1)N1CC(O)C1. The molecule has 0 aromatic carbocycles. The highest BCUT2D eigenvalue weighted by Gasteiger charge is 2.28. The summed E-state index contributed by atoms with van der Waals surface area (Å²) >= 11 is 0. The Labute approximate surface area is 90.2 Å². The lowest BCUT2D eigenvalue weighted by Gasteiger charge is -2.36. The summed E-state index contributed by atoms with van der Waals surface area (Å²) in [6.45, 7) is 1.88. The second-order valence-corrected chi connectivity index (χ2v) is 4.48. The number of hydrogen-bond donors (Lipinski definition) is 1. The highest BCUT2D eigenvalue weighted by molar-refractivity contribution is 5.77. The van der Waals surface area contributed by atoms with E-state index in [1.54, 1.807) is 4.90 Å². The number of rotatable bonds is 3. The Morgan fingerprint density at radius 3 is 2.80 bits per heavy atom. The van der Waals surface area contributed by atoms with Crippen molar-refractivity contribution in [1.29, 1.82) is 0 Å². The van der Waals surface area contributed by atoms with Gasteiger partial charge in [-0.3, -0.25) is 4.79 Å². The standard InChI is InChI=1S/C11H19NO3/c13-9-7-12(8-9)11(14)5-4-10-3-1-2-6-15-10/h9-10,13H,1-8H2. The van der Waals surface area contributed by atoms with E-state index in [9.17, 15) is 4.79 Å². The van der Waals surface area contributed by atoms with Crippen molar-refractivity contribution in [2.75, 3.05) is 19.7 Å². The molecule has 2 saturated heterocycles. The van der Waals surface area contributed by atoms with Gasteiger partial charge in [-0.15, -0.1) is 0 Å². The number of amides is 1. The van der Waals surface area contributed by atoms with Gasteiger partial charge in [0.15, 0.2) is 0 Å². The summed E-state index contributed by atoms with van der Waals surface area (Å²) in [6.07, 6.45) is 4.87. The van der Waals surface area contributed by atoms with Crippen LogP contribution in [0.4, 0.5) is 0 Å². The number of nitrogens with zero attached hydrogens (tertiary/aromatic N) is 1. The number of carbonyl (C=O) groups excluding carboxylic acids is 1. The first-order chi connectivity index (χ1) is 7.25. The molecular weight excluding hydrogens is 194 g/mol. The molecule has 0 aromatic heterocycles. The molecule has 0 spiro atoms. The first kappa shape index (κ1) is 10.9. The topological polar surface area (TPSA) is 49.8 Å². The van der Waals surface area contributed by atoms with Crippen molar-refractivity contribution in [2.45, 2.75) is 44.3 Å². The summed E-state index contributed by atoms with van der Waals surface area (Å²) in [5.41, 5.74) is 0. The molecule has 0 bridgehead atoms. The molecule has 86 valence electrons. The van der Waals surface area contributed by atoms with Gasteiger partial charge < -0.3 is 14.7 Å². The summed E-state index contributed by atoms with van der Waals surface area (Å²) in [6, 6.07) is 0. The minimum absolute atomic E-state index is 0.162. The summed E-state index contributed by atoms with van der Waals surface area (Å²) < 4.78 is 5.56. The summed E-state index contributed by atoms with van der Waals surface area (Å²) in [5.74, 6) is 0.162.